The van der Waals surface area contributed by atoms with Gasteiger partial charge in [0.15, 0.2) is 0 Å². The van der Waals surface area contributed by atoms with Crippen molar-refractivity contribution in [3.63, 3.8) is 0 Å². The molecule has 0 aliphatic rings. The lowest BCUT2D eigenvalue weighted by Gasteiger charge is -2.19. The van der Waals surface area contributed by atoms with E-state index in [1.165, 1.54) is 5.56 Å². The molecule has 27 heavy (non-hydrogen) atoms. The van der Waals surface area contributed by atoms with Gasteiger partial charge in [0.05, 0.1) is 0 Å². The molecular weight excluding hydrogens is 334 g/mol. The van der Waals surface area contributed by atoms with E-state index in [1.807, 2.05) is 36.4 Å². The zero-order chi connectivity index (χ0) is 19.3. The molecule has 0 spiro atoms. The van der Waals surface area contributed by atoms with Crippen molar-refractivity contribution >= 4 is 17.3 Å². The zero-order valence-electron chi connectivity index (χ0n) is 16.0. The topological polar surface area (TPSA) is 54.0 Å². The van der Waals surface area contributed by atoms with Gasteiger partial charge in [-0.1, -0.05) is 63.2 Å². The Morgan fingerprint density at radius 1 is 0.926 bits per heavy atom. The maximum atomic E-state index is 12.4. The van der Waals surface area contributed by atoms with Crippen LogP contribution in [0.3, 0.4) is 0 Å². The van der Waals surface area contributed by atoms with E-state index in [4.69, 9.17) is 0 Å². The third-order valence-electron chi connectivity index (χ3n) is 4.33. The molecule has 2 N–H and O–H groups in total. The SMILES string of the molecule is CC(C)(C)c1ccc(Nc2ccnc(C(=O)NCc3ccccc3)c2)cc1. The van der Waals surface area contributed by atoms with Gasteiger partial charge in [-0.15, -0.1) is 0 Å². The van der Waals surface area contributed by atoms with Crippen LogP contribution in [0.2, 0.25) is 0 Å². The first kappa shape index (κ1) is 18.6. The van der Waals surface area contributed by atoms with E-state index < -0.39 is 0 Å². The second-order valence-corrected chi connectivity index (χ2v) is 7.55. The van der Waals surface area contributed by atoms with Gasteiger partial charge < -0.3 is 10.6 Å². The second kappa shape index (κ2) is 8.04. The number of nitrogens with one attached hydrogen (secondary N) is 2. The predicted octanol–water partition coefficient (Wildman–Crippen LogP) is 5.05. The number of carbonyl (C=O) groups excluding carboxylic acids is 1. The summed E-state index contributed by atoms with van der Waals surface area (Å²) in [5.74, 6) is -0.189. The normalized spacial score (nSPS) is 11.1. The van der Waals surface area contributed by atoms with Crippen LogP contribution in [-0.4, -0.2) is 10.9 Å². The number of benzene rings is 2. The van der Waals surface area contributed by atoms with E-state index in [-0.39, 0.29) is 11.3 Å². The van der Waals surface area contributed by atoms with Gasteiger partial charge in [0.25, 0.3) is 5.91 Å². The van der Waals surface area contributed by atoms with Crippen molar-refractivity contribution in [1.29, 1.82) is 0 Å². The van der Waals surface area contributed by atoms with Gasteiger partial charge in [0.2, 0.25) is 0 Å². The average Bonchev–Trinajstić information content (AvgIpc) is 2.67. The molecule has 0 bridgehead atoms. The van der Waals surface area contributed by atoms with Crippen molar-refractivity contribution in [2.45, 2.75) is 32.7 Å². The van der Waals surface area contributed by atoms with Crippen molar-refractivity contribution in [3.8, 4) is 0 Å². The summed E-state index contributed by atoms with van der Waals surface area (Å²) in [6.45, 7) is 7.06. The standard InChI is InChI=1S/C23H25N3O/c1-23(2,3)18-9-11-19(12-10-18)26-20-13-14-24-21(15-20)22(27)25-16-17-7-5-4-6-8-17/h4-15H,16H2,1-3H3,(H,24,26)(H,25,27). The largest absolute Gasteiger partial charge is 0.355 e. The van der Waals surface area contributed by atoms with E-state index in [2.05, 4.69) is 60.7 Å². The highest BCUT2D eigenvalue weighted by atomic mass is 16.1. The van der Waals surface area contributed by atoms with Gasteiger partial charge in [-0.3, -0.25) is 9.78 Å². The minimum absolute atomic E-state index is 0.124. The lowest BCUT2D eigenvalue weighted by Crippen LogP contribution is -2.23. The molecule has 0 fully saturated rings. The van der Waals surface area contributed by atoms with Crippen molar-refractivity contribution in [2.75, 3.05) is 5.32 Å². The Hall–Kier alpha value is -3.14. The summed E-state index contributed by atoms with van der Waals surface area (Å²) in [5, 5.41) is 6.23. The van der Waals surface area contributed by atoms with Crippen molar-refractivity contribution in [1.82, 2.24) is 10.3 Å². The fourth-order valence-corrected chi connectivity index (χ4v) is 2.72. The third kappa shape index (κ3) is 5.17. The van der Waals surface area contributed by atoms with Crippen LogP contribution in [0.15, 0.2) is 72.9 Å². The van der Waals surface area contributed by atoms with Crippen molar-refractivity contribution < 1.29 is 4.79 Å². The number of anilines is 2. The Morgan fingerprint density at radius 3 is 2.30 bits per heavy atom. The quantitative estimate of drug-likeness (QED) is 0.670. The lowest BCUT2D eigenvalue weighted by molar-refractivity contribution is 0.0946. The highest BCUT2D eigenvalue weighted by Crippen LogP contribution is 2.25. The molecule has 3 aromatic rings. The number of hydrogen-bond donors (Lipinski definition) is 2. The fourth-order valence-electron chi connectivity index (χ4n) is 2.72. The molecule has 0 atom stereocenters. The minimum atomic E-state index is -0.189. The number of pyridine rings is 1. The first-order valence-electron chi connectivity index (χ1n) is 9.07. The van der Waals surface area contributed by atoms with Crippen LogP contribution in [-0.2, 0) is 12.0 Å². The zero-order valence-corrected chi connectivity index (χ0v) is 16.0. The first-order chi connectivity index (χ1) is 12.9. The summed E-state index contributed by atoms with van der Waals surface area (Å²) < 4.78 is 0. The van der Waals surface area contributed by atoms with Gasteiger partial charge in [-0.05, 0) is 40.8 Å². The molecule has 138 valence electrons. The minimum Gasteiger partial charge on any atom is -0.355 e. The fraction of sp³-hybridized carbons (Fsp3) is 0.217. The van der Waals surface area contributed by atoms with E-state index in [0.29, 0.717) is 12.2 Å². The van der Waals surface area contributed by atoms with E-state index >= 15 is 0 Å². The monoisotopic (exact) mass is 359 g/mol. The number of hydrogen-bond acceptors (Lipinski definition) is 3. The molecule has 2 aromatic carbocycles. The highest BCUT2D eigenvalue weighted by Gasteiger charge is 2.13. The van der Waals surface area contributed by atoms with E-state index in [1.54, 1.807) is 12.3 Å². The smallest absolute Gasteiger partial charge is 0.270 e. The average molecular weight is 359 g/mol. The van der Waals surface area contributed by atoms with E-state index in [9.17, 15) is 4.79 Å². The molecule has 1 heterocycles. The lowest BCUT2D eigenvalue weighted by atomic mass is 9.87. The van der Waals surface area contributed by atoms with Gasteiger partial charge in [0, 0.05) is 24.1 Å². The number of rotatable bonds is 5. The Bertz CT molecular complexity index is 897. The highest BCUT2D eigenvalue weighted by molar-refractivity contribution is 5.93. The maximum Gasteiger partial charge on any atom is 0.270 e. The number of aromatic nitrogens is 1. The first-order valence-corrected chi connectivity index (χ1v) is 9.07. The molecule has 3 rings (SSSR count). The Labute approximate surface area is 160 Å². The number of nitrogens with zero attached hydrogens (tertiary/aromatic N) is 1. The molecule has 0 aliphatic heterocycles. The molecule has 0 unspecified atom stereocenters. The van der Waals surface area contributed by atoms with Gasteiger partial charge in [0.1, 0.15) is 5.69 Å². The molecule has 4 heteroatoms. The van der Waals surface area contributed by atoms with Crippen molar-refractivity contribution in [3.05, 3.63) is 89.7 Å². The summed E-state index contributed by atoms with van der Waals surface area (Å²) in [5.41, 5.74) is 4.66. The van der Waals surface area contributed by atoms with Crippen LogP contribution >= 0.6 is 0 Å². The van der Waals surface area contributed by atoms with Crippen LogP contribution < -0.4 is 10.6 Å². The van der Waals surface area contributed by atoms with Crippen LogP contribution in [0, 0.1) is 0 Å². The molecular formula is C23H25N3O. The van der Waals surface area contributed by atoms with Crippen molar-refractivity contribution in [2.24, 2.45) is 0 Å². The summed E-state index contributed by atoms with van der Waals surface area (Å²) in [6, 6.07) is 21.8. The van der Waals surface area contributed by atoms with Gasteiger partial charge in [-0.25, -0.2) is 0 Å². The van der Waals surface area contributed by atoms with Crippen LogP contribution in [0.25, 0.3) is 0 Å². The second-order valence-electron chi connectivity index (χ2n) is 7.55. The molecule has 0 aliphatic carbocycles. The summed E-state index contributed by atoms with van der Waals surface area (Å²) in [6.07, 6.45) is 1.64. The summed E-state index contributed by atoms with van der Waals surface area (Å²) >= 11 is 0. The maximum absolute atomic E-state index is 12.4. The summed E-state index contributed by atoms with van der Waals surface area (Å²) in [7, 11) is 0. The Morgan fingerprint density at radius 2 is 1.63 bits per heavy atom. The third-order valence-corrected chi connectivity index (χ3v) is 4.33. The Kier molecular flexibility index (Phi) is 5.55. The molecule has 0 saturated carbocycles. The van der Waals surface area contributed by atoms with Crippen LogP contribution in [0.4, 0.5) is 11.4 Å². The Balaban J connectivity index is 1.65. The number of carbonyl (C=O) groups is 1. The van der Waals surface area contributed by atoms with Crippen LogP contribution in [0.5, 0.6) is 0 Å². The molecule has 0 saturated heterocycles. The van der Waals surface area contributed by atoms with Gasteiger partial charge in [-0.2, -0.15) is 0 Å². The molecule has 1 amide bonds. The molecule has 0 radical (unpaired) electrons. The molecule has 4 nitrogen and oxygen atoms in total. The molecule has 1 aromatic heterocycles. The van der Waals surface area contributed by atoms with E-state index in [0.717, 1.165) is 16.9 Å². The van der Waals surface area contributed by atoms with Crippen LogP contribution in [0.1, 0.15) is 42.4 Å². The number of amides is 1. The predicted molar refractivity (Wildman–Crippen MR) is 110 cm³/mol. The summed E-state index contributed by atoms with van der Waals surface area (Å²) in [4.78, 5) is 16.6. The van der Waals surface area contributed by atoms with Gasteiger partial charge >= 0.3 is 0 Å².